The van der Waals surface area contributed by atoms with E-state index in [1.807, 2.05) is 18.2 Å². The zero-order valence-electron chi connectivity index (χ0n) is 19.5. The minimum atomic E-state index is -0.564. The molecule has 3 aromatic rings. The van der Waals surface area contributed by atoms with Crippen molar-refractivity contribution in [1.29, 1.82) is 0 Å². The minimum Gasteiger partial charge on any atom is -0.369 e. The molecule has 1 atom stereocenters. The molecule has 1 saturated heterocycles. The van der Waals surface area contributed by atoms with E-state index >= 15 is 0 Å². The first-order valence-corrected chi connectivity index (χ1v) is 12.0. The number of amides is 1. The van der Waals surface area contributed by atoms with Crippen LogP contribution in [0.2, 0.25) is 5.02 Å². The molecule has 0 aromatic heterocycles. The van der Waals surface area contributed by atoms with Crippen LogP contribution in [0.4, 0.5) is 27.1 Å². The van der Waals surface area contributed by atoms with Gasteiger partial charge in [0.1, 0.15) is 5.82 Å². The Morgan fingerprint density at radius 2 is 1.66 bits per heavy atom. The van der Waals surface area contributed by atoms with Gasteiger partial charge in [0.15, 0.2) is 5.11 Å². The number of nitrogens with zero attached hydrogens (tertiary/aromatic N) is 2. The molecule has 4 rings (SSSR count). The molecule has 6 nitrogen and oxygen atoms in total. The molecule has 1 aliphatic heterocycles. The summed E-state index contributed by atoms with van der Waals surface area (Å²) in [5.74, 6) is -1.07. The molecule has 35 heavy (non-hydrogen) atoms. The van der Waals surface area contributed by atoms with Gasteiger partial charge in [-0.1, -0.05) is 23.7 Å². The van der Waals surface area contributed by atoms with Crippen LogP contribution in [0, 0.1) is 5.82 Å². The molecule has 3 N–H and O–H groups in total. The van der Waals surface area contributed by atoms with Crippen LogP contribution in [0.5, 0.6) is 0 Å². The standard InChI is InChI=1S/C26H27ClFN5OS/c1-32-14-13-20(16-32)33(2)24-12-11-19(15-22(24)27)31-26(35)30-18-9-7-17(8-10-18)29-25(34)21-5-3-4-6-23(21)28/h3-12,15,20H,13-14,16H2,1-2H3,(H,29,34)(H2,30,31,35). The van der Waals surface area contributed by atoms with E-state index in [1.165, 1.54) is 12.1 Å². The number of carbonyl (C=O) groups excluding carboxylic acids is 1. The number of rotatable bonds is 6. The first kappa shape index (κ1) is 24.9. The van der Waals surface area contributed by atoms with Gasteiger partial charge in [0.05, 0.1) is 16.3 Å². The number of anilines is 4. The lowest BCUT2D eigenvalue weighted by molar-refractivity contribution is 0.102. The third-order valence-corrected chi connectivity index (χ3v) is 6.53. The molecule has 1 heterocycles. The number of thiocarbonyl (C=S) groups is 1. The number of benzene rings is 3. The summed E-state index contributed by atoms with van der Waals surface area (Å²) in [4.78, 5) is 16.8. The topological polar surface area (TPSA) is 59.6 Å². The van der Waals surface area contributed by atoms with Crippen LogP contribution in [0.3, 0.4) is 0 Å². The molecule has 3 aromatic carbocycles. The first-order valence-electron chi connectivity index (χ1n) is 11.2. The van der Waals surface area contributed by atoms with Crippen molar-refractivity contribution in [2.75, 3.05) is 48.0 Å². The van der Waals surface area contributed by atoms with Gasteiger partial charge in [0.2, 0.25) is 0 Å². The molecule has 0 aliphatic carbocycles. The first-order chi connectivity index (χ1) is 16.8. The van der Waals surface area contributed by atoms with Crippen LogP contribution in [-0.4, -0.2) is 49.1 Å². The molecule has 182 valence electrons. The fourth-order valence-electron chi connectivity index (χ4n) is 4.07. The smallest absolute Gasteiger partial charge is 0.258 e. The van der Waals surface area contributed by atoms with Crippen molar-refractivity contribution in [1.82, 2.24) is 4.90 Å². The largest absolute Gasteiger partial charge is 0.369 e. The van der Waals surface area contributed by atoms with Crippen LogP contribution >= 0.6 is 23.8 Å². The summed E-state index contributed by atoms with van der Waals surface area (Å²) < 4.78 is 13.8. The lowest BCUT2D eigenvalue weighted by Gasteiger charge is -2.27. The lowest BCUT2D eigenvalue weighted by atomic mass is 10.2. The predicted molar refractivity (Wildman–Crippen MR) is 146 cm³/mol. The van der Waals surface area contributed by atoms with E-state index in [0.29, 0.717) is 21.9 Å². The average Bonchev–Trinajstić information content (AvgIpc) is 3.26. The Morgan fingerprint density at radius 3 is 2.29 bits per heavy atom. The molecule has 0 spiro atoms. The van der Waals surface area contributed by atoms with Crippen LogP contribution < -0.4 is 20.9 Å². The predicted octanol–water partition coefficient (Wildman–Crippen LogP) is 5.68. The van der Waals surface area contributed by atoms with Crippen molar-refractivity contribution >= 4 is 57.6 Å². The van der Waals surface area contributed by atoms with Crippen molar-refractivity contribution in [3.05, 3.63) is 83.1 Å². The van der Waals surface area contributed by atoms with Crippen molar-refractivity contribution in [3.8, 4) is 0 Å². The molecular weight excluding hydrogens is 485 g/mol. The van der Waals surface area contributed by atoms with E-state index in [2.05, 4.69) is 39.8 Å². The van der Waals surface area contributed by atoms with Crippen molar-refractivity contribution in [2.24, 2.45) is 0 Å². The Kier molecular flexibility index (Phi) is 7.85. The van der Waals surface area contributed by atoms with Gasteiger partial charge in [-0.2, -0.15) is 0 Å². The maximum atomic E-state index is 13.8. The normalized spacial score (nSPS) is 15.5. The number of likely N-dealkylation sites (tertiary alicyclic amines) is 1. The number of nitrogens with one attached hydrogen (secondary N) is 3. The van der Waals surface area contributed by atoms with E-state index in [-0.39, 0.29) is 5.56 Å². The van der Waals surface area contributed by atoms with E-state index in [4.69, 9.17) is 23.8 Å². The number of likely N-dealkylation sites (N-methyl/N-ethyl adjacent to an activating group) is 2. The highest BCUT2D eigenvalue weighted by Crippen LogP contribution is 2.31. The summed E-state index contributed by atoms with van der Waals surface area (Å²) in [5.41, 5.74) is 3.04. The second-order valence-electron chi connectivity index (χ2n) is 8.57. The molecule has 0 bridgehead atoms. The van der Waals surface area contributed by atoms with Gasteiger partial charge in [0.25, 0.3) is 5.91 Å². The second kappa shape index (κ2) is 11.0. The van der Waals surface area contributed by atoms with Crippen LogP contribution in [0.15, 0.2) is 66.7 Å². The number of carbonyl (C=O) groups is 1. The Morgan fingerprint density at radius 1 is 1.03 bits per heavy atom. The lowest BCUT2D eigenvalue weighted by Crippen LogP contribution is -2.33. The highest BCUT2D eigenvalue weighted by atomic mass is 35.5. The van der Waals surface area contributed by atoms with Gasteiger partial charge >= 0.3 is 0 Å². The van der Waals surface area contributed by atoms with Crippen LogP contribution in [0.25, 0.3) is 0 Å². The Labute approximate surface area is 215 Å². The SMILES string of the molecule is CN1CCC(N(C)c2ccc(NC(=S)Nc3ccc(NC(=O)c4ccccc4F)cc3)cc2Cl)C1. The highest BCUT2D eigenvalue weighted by Gasteiger charge is 2.24. The van der Waals surface area contributed by atoms with E-state index in [1.54, 1.807) is 36.4 Å². The maximum Gasteiger partial charge on any atom is 0.258 e. The molecular formula is C26H27ClFN5OS. The summed E-state index contributed by atoms with van der Waals surface area (Å²) in [6.07, 6.45) is 1.11. The zero-order valence-corrected chi connectivity index (χ0v) is 21.1. The van der Waals surface area contributed by atoms with Gasteiger partial charge in [-0.25, -0.2) is 4.39 Å². The summed E-state index contributed by atoms with van der Waals surface area (Å²) in [6.45, 7) is 2.11. The fraction of sp³-hybridized carbons (Fsp3) is 0.231. The summed E-state index contributed by atoms with van der Waals surface area (Å²) in [7, 11) is 4.21. The zero-order chi connectivity index (χ0) is 24.9. The molecule has 1 aliphatic rings. The Balaban J connectivity index is 1.32. The van der Waals surface area contributed by atoms with Crippen LogP contribution in [0.1, 0.15) is 16.8 Å². The second-order valence-corrected chi connectivity index (χ2v) is 9.39. The van der Waals surface area contributed by atoms with Crippen molar-refractivity contribution in [2.45, 2.75) is 12.5 Å². The van der Waals surface area contributed by atoms with E-state index < -0.39 is 11.7 Å². The summed E-state index contributed by atoms with van der Waals surface area (Å²) >= 11 is 12.0. The van der Waals surface area contributed by atoms with Gasteiger partial charge in [0, 0.05) is 36.7 Å². The minimum absolute atomic E-state index is 0.00784. The number of hydrogen-bond donors (Lipinski definition) is 3. The molecule has 1 fully saturated rings. The van der Waals surface area contributed by atoms with Gasteiger partial charge in [-0.05, 0) is 86.8 Å². The monoisotopic (exact) mass is 511 g/mol. The molecule has 1 unspecified atom stereocenters. The Bertz CT molecular complexity index is 1220. The molecule has 1 amide bonds. The Hall–Kier alpha value is -3.20. The van der Waals surface area contributed by atoms with E-state index in [0.717, 1.165) is 36.6 Å². The number of halogens is 2. The fourth-order valence-corrected chi connectivity index (χ4v) is 4.62. The van der Waals surface area contributed by atoms with Gasteiger partial charge in [-0.3, -0.25) is 4.79 Å². The maximum absolute atomic E-state index is 13.8. The van der Waals surface area contributed by atoms with E-state index in [9.17, 15) is 9.18 Å². The quantitative estimate of drug-likeness (QED) is 0.370. The molecule has 9 heteroatoms. The molecule has 0 radical (unpaired) electrons. The van der Waals surface area contributed by atoms with Gasteiger partial charge < -0.3 is 25.8 Å². The third kappa shape index (κ3) is 6.28. The van der Waals surface area contributed by atoms with Gasteiger partial charge in [-0.15, -0.1) is 0 Å². The van der Waals surface area contributed by atoms with Crippen molar-refractivity contribution in [3.63, 3.8) is 0 Å². The highest BCUT2D eigenvalue weighted by molar-refractivity contribution is 7.80. The third-order valence-electron chi connectivity index (χ3n) is 6.02. The van der Waals surface area contributed by atoms with Crippen molar-refractivity contribution < 1.29 is 9.18 Å². The van der Waals surface area contributed by atoms with Crippen LogP contribution in [-0.2, 0) is 0 Å². The number of hydrogen-bond acceptors (Lipinski definition) is 4. The summed E-state index contributed by atoms with van der Waals surface area (Å²) in [5, 5.41) is 10.0. The molecule has 0 saturated carbocycles. The summed E-state index contributed by atoms with van der Waals surface area (Å²) in [6, 6.07) is 19.1. The average molecular weight is 512 g/mol.